The minimum Gasteiger partial charge on any atom is -0.484 e. The number of hydrogen-bond acceptors (Lipinski definition) is 7. The predicted octanol–water partition coefficient (Wildman–Crippen LogP) is 4.05. The molecule has 1 N–H and O–H groups in total. The van der Waals surface area contributed by atoms with Crippen LogP contribution in [-0.2, 0) is 9.53 Å². The van der Waals surface area contributed by atoms with Crippen molar-refractivity contribution in [3.05, 3.63) is 59.9 Å². The Bertz CT molecular complexity index is 1010. The smallest absolute Gasteiger partial charge is 0.338 e. The van der Waals surface area contributed by atoms with Gasteiger partial charge in [0.1, 0.15) is 5.75 Å². The quantitative estimate of drug-likeness (QED) is 0.560. The summed E-state index contributed by atoms with van der Waals surface area (Å²) in [6.07, 6.45) is 0. The Labute approximate surface area is 174 Å². The Hall–Kier alpha value is -3.68. The summed E-state index contributed by atoms with van der Waals surface area (Å²) in [7, 11) is 0. The van der Waals surface area contributed by atoms with Gasteiger partial charge in [-0.15, -0.1) is 0 Å². The van der Waals surface area contributed by atoms with Crippen LogP contribution in [0.3, 0.4) is 0 Å². The summed E-state index contributed by atoms with van der Waals surface area (Å²) >= 11 is 0. The Morgan fingerprint density at radius 2 is 1.90 bits per heavy atom. The SMILES string of the molecule is CCOC(=O)c1cccc(NC(=O)COc2ccc(-c3nc(C(C)C)no3)cc2)c1. The number of nitrogens with zero attached hydrogens (tertiary/aromatic N) is 2. The summed E-state index contributed by atoms with van der Waals surface area (Å²) in [6.45, 7) is 5.82. The first-order valence-corrected chi connectivity index (χ1v) is 9.60. The average molecular weight is 409 g/mol. The van der Waals surface area contributed by atoms with Crippen LogP contribution in [0.2, 0.25) is 0 Å². The molecule has 1 aromatic heterocycles. The van der Waals surface area contributed by atoms with E-state index in [0.717, 1.165) is 5.56 Å². The van der Waals surface area contributed by atoms with Crippen LogP contribution in [-0.4, -0.2) is 35.2 Å². The summed E-state index contributed by atoms with van der Waals surface area (Å²) in [5.41, 5.74) is 1.62. The summed E-state index contributed by atoms with van der Waals surface area (Å²) in [4.78, 5) is 28.3. The number of nitrogens with one attached hydrogen (secondary N) is 1. The molecule has 3 aromatic rings. The molecule has 8 heteroatoms. The molecule has 2 aromatic carbocycles. The van der Waals surface area contributed by atoms with Crippen molar-refractivity contribution in [3.63, 3.8) is 0 Å². The van der Waals surface area contributed by atoms with Gasteiger partial charge >= 0.3 is 5.97 Å². The van der Waals surface area contributed by atoms with E-state index in [0.29, 0.717) is 28.7 Å². The van der Waals surface area contributed by atoms with Gasteiger partial charge in [-0.1, -0.05) is 25.1 Å². The molecule has 0 fully saturated rings. The van der Waals surface area contributed by atoms with Crippen LogP contribution < -0.4 is 10.1 Å². The van der Waals surface area contributed by atoms with Crippen molar-refractivity contribution in [2.24, 2.45) is 0 Å². The van der Waals surface area contributed by atoms with E-state index in [4.69, 9.17) is 14.0 Å². The Morgan fingerprint density at radius 1 is 1.13 bits per heavy atom. The molecule has 0 aliphatic carbocycles. The number of carbonyl (C=O) groups excluding carboxylic acids is 2. The lowest BCUT2D eigenvalue weighted by Gasteiger charge is -2.09. The van der Waals surface area contributed by atoms with Crippen molar-refractivity contribution in [2.45, 2.75) is 26.7 Å². The third-order valence-corrected chi connectivity index (χ3v) is 4.09. The van der Waals surface area contributed by atoms with E-state index < -0.39 is 5.97 Å². The third kappa shape index (κ3) is 5.44. The van der Waals surface area contributed by atoms with E-state index in [1.54, 1.807) is 55.5 Å². The molecule has 156 valence electrons. The molecule has 0 spiro atoms. The molecule has 8 nitrogen and oxygen atoms in total. The zero-order valence-electron chi connectivity index (χ0n) is 17.0. The van der Waals surface area contributed by atoms with Gasteiger partial charge in [-0.05, 0) is 49.4 Å². The van der Waals surface area contributed by atoms with Crippen molar-refractivity contribution in [2.75, 3.05) is 18.5 Å². The Kier molecular flexibility index (Phi) is 6.79. The van der Waals surface area contributed by atoms with Crippen molar-refractivity contribution >= 4 is 17.6 Å². The molecule has 0 atom stereocenters. The third-order valence-electron chi connectivity index (χ3n) is 4.09. The van der Waals surface area contributed by atoms with Crippen LogP contribution in [0, 0.1) is 0 Å². The minimum absolute atomic E-state index is 0.180. The lowest BCUT2D eigenvalue weighted by molar-refractivity contribution is -0.118. The molecule has 1 amide bonds. The highest BCUT2D eigenvalue weighted by Gasteiger charge is 2.12. The standard InChI is InChI=1S/C22H23N3O5/c1-4-28-22(27)16-6-5-7-17(12-16)23-19(26)13-29-18-10-8-15(9-11-18)21-24-20(14(2)3)25-30-21/h5-12,14H,4,13H2,1-3H3,(H,23,26). The summed E-state index contributed by atoms with van der Waals surface area (Å²) < 4.78 is 15.7. The summed E-state index contributed by atoms with van der Waals surface area (Å²) in [5, 5.41) is 6.64. The van der Waals surface area contributed by atoms with Crippen LogP contribution >= 0.6 is 0 Å². The van der Waals surface area contributed by atoms with Gasteiger partial charge in [-0.25, -0.2) is 4.79 Å². The Morgan fingerprint density at radius 3 is 2.57 bits per heavy atom. The second-order valence-electron chi connectivity index (χ2n) is 6.77. The van der Waals surface area contributed by atoms with Crippen molar-refractivity contribution in [1.29, 1.82) is 0 Å². The number of carbonyl (C=O) groups is 2. The number of anilines is 1. The van der Waals surface area contributed by atoms with Gasteiger partial charge in [-0.2, -0.15) is 4.98 Å². The molecular weight excluding hydrogens is 386 g/mol. The average Bonchev–Trinajstić information content (AvgIpc) is 3.24. The van der Waals surface area contributed by atoms with E-state index in [-0.39, 0.29) is 25.0 Å². The van der Waals surface area contributed by atoms with Crippen LogP contribution in [0.1, 0.15) is 42.9 Å². The molecule has 3 rings (SSSR count). The molecule has 0 radical (unpaired) electrons. The topological polar surface area (TPSA) is 104 Å². The van der Waals surface area contributed by atoms with Gasteiger partial charge < -0.3 is 19.3 Å². The summed E-state index contributed by atoms with van der Waals surface area (Å²) in [6, 6.07) is 13.6. The van der Waals surface area contributed by atoms with Gasteiger partial charge in [0.15, 0.2) is 12.4 Å². The van der Waals surface area contributed by atoms with E-state index in [2.05, 4.69) is 15.5 Å². The fourth-order valence-corrected chi connectivity index (χ4v) is 2.56. The monoisotopic (exact) mass is 409 g/mol. The fraction of sp³-hybridized carbons (Fsp3) is 0.273. The predicted molar refractivity (Wildman–Crippen MR) is 110 cm³/mol. The molecule has 1 heterocycles. The maximum absolute atomic E-state index is 12.2. The van der Waals surface area contributed by atoms with Gasteiger partial charge in [0.25, 0.3) is 11.8 Å². The van der Waals surface area contributed by atoms with Gasteiger partial charge in [0.05, 0.1) is 12.2 Å². The zero-order chi connectivity index (χ0) is 21.5. The molecule has 0 saturated carbocycles. The highest BCUT2D eigenvalue weighted by molar-refractivity contribution is 5.95. The molecule has 30 heavy (non-hydrogen) atoms. The number of aromatic nitrogens is 2. The van der Waals surface area contributed by atoms with E-state index >= 15 is 0 Å². The van der Waals surface area contributed by atoms with Crippen LogP contribution in [0.5, 0.6) is 5.75 Å². The largest absolute Gasteiger partial charge is 0.484 e. The minimum atomic E-state index is -0.438. The van der Waals surface area contributed by atoms with Crippen molar-refractivity contribution < 1.29 is 23.6 Å². The number of benzene rings is 2. The lowest BCUT2D eigenvalue weighted by Crippen LogP contribution is -2.20. The highest BCUT2D eigenvalue weighted by atomic mass is 16.5. The zero-order valence-corrected chi connectivity index (χ0v) is 17.0. The van der Waals surface area contributed by atoms with E-state index in [1.165, 1.54) is 0 Å². The number of hydrogen-bond donors (Lipinski definition) is 1. The van der Waals surface area contributed by atoms with Gasteiger partial charge in [0.2, 0.25) is 0 Å². The number of rotatable bonds is 8. The van der Waals surface area contributed by atoms with Crippen LogP contribution in [0.4, 0.5) is 5.69 Å². The van der Waals surface area contributed by atoms with Gasteiger partial charge in [-0.3, -0.25) is 4.79 Å². The molecule has 0 unspecified atom stereocenters. The molecule has 0 aliphatic rings. The van der Waals surface area contributed by atoms with Crippen molar-refractivity contribution in [1.82, 2.24) is 10.1 Å². The molecule has 0 bridgehead atoms. The lowest BCUT2D eigenvalue weighted by atomic mass is 10.2. The Balaban J connectivity index is 1.54. The second kappa shape index (κ2) is 9.69. The van der Waals surface area contributed by atoms with Gasteiger partial charge in [0, 0.05) is 17.2 Å². The first-order chi connectivity index (χ1) is 14.5. The van der Waals surface area contributed by atoms with Crippen LogP contribution in [0.25, 0.3) is 11.5 Å². The van der Waals surface area contributed by atoms with E-state index in [9.17, 15) is 9.59 Å². The number of esters is 1. The second-order valence-corrected chi connectivity index (χ2v) is 6.77. The number of ether oxygens (including phenoxy) is 2. The first-order valence-electron chi connectivity index (χ1n) is 9.60. The maximum atomic E-state index is 12.2. The molecule has 0 saturated heterocycles. The van der Waals surface area contributed by atoms with Crippen LogP contribution in [0.15, 0.2) is 53.1 Å². The summed E-state index contributed by atoms with van der Waals surface area (Å²) in [5.74, 6) is 1.00. The molecular formula is C22H23N3O5. The van der Waals surface area contributed by atoms with Crippen molar-refractivity contribution in [3.8, 4) is 17.2 Å². The first kappa shape index (κ1) is 21.0. The fourth-order valence-electron chi connectivity index (χ4n) is 2.56. The number of amides is 1. The normalized spacial score (nSPS) is 10.7. The molecule has 0 aliphatic heterocycles. The van der Waals surface area contributed by atoms with E-state index in [1.807, 2.05) is 13.8 Å². The maximum Gasteiger partial charge on any atom is 0.338 e. The highest BCUT2D eigenvalue weighted by Crippen LogP contribution is 2.22.